The van der Waals surface area contributed by atoms with Crippen LogP contribution in [0.3, 0.4) is 0 Å². The summed E-state index contributed by atoms with van der Waals surface area (Å²) in [5.41, 5.74) is 3.03. The van der Waals surface area contributed by atoms with E-state index in [9.17, 15) is 26.4 Å². The number of amides is 2. The van der Waals surface area contributed by atoms with Crippen molar-refractivity contribution in [2.45, 2.75) is 78.1 Å². The van der Waals surface area contributed by atoms with Crippen molar-refractivity contribution in [3.63, 3.8) is 0 Å². The van der Waals surface area contributed by atoms with E-state index in [0.717, 1.165) is 67.7 Å². The van der Waals surface area contributed by atoms with Gasteiger partial charge in [0, 0.05) is 59.1 Å². The topological polar surface area (TPSA) is 179 Å². The van der Waals surface area contributed by atoms with Crippen molar-refractivity contribution in [2.24, 2.45) is 11.8 Å². The molecule has 2 unspecified atom stereocenters. The number of anilines is 2. The third kappa shape index (κ3) is 22.0. The van der Waals surface area contributed by atoms with Crippen LogP contribution < -0.4 is 34.9 Å². The van der Waals surface area contributed by atoms with Crippen molar-refractivity contribution in [3.05, 3.63) is 91.9 Å². The van der Waals surface area contributed by atoms with Crippen LogP contribution in [0.15, 0.2) is 60.7 Å². The Morgan fingerprint density at radius 3 is 1.42 bits per heavy atom. The fraction of sp³-hybridized carbons (Fsp3) is 0.469. The summed E-state index contributed by atoms with van der Waals surface area (Å²) in [5, 5.41) is 10.4. The number of methoxy groups -OCH3 is 2. The molecule has 3 N–H and O–H groups in total. The molecule has 2 amide bonds. The SMILES string of the molecule is COc1ccc(Oc2c(Cl)cc(NC(=O)CC3CCCN(S(C)(=O)=O)C3)cc2Cl)cc1C(C)C.COc1ccc(Oc2c(Cl)cc(NC(=O)CC3CCCNC3)cc2Cl)cc1C(C)C.CS(=O)(=O)Cl.ClCCl. The molecule has 4 aromatic carbocycles. The minimum atomic E-state index is -3.26. The van der Waals surface area contributed by atoms with Crippen molar-refractivity contribution >= 4 is 123 Å². The van der Waals surface area contributed by atoms with E-state index in [0.29, 0.717) is 64.1 Å². The van der Waals surface area contributed by atoms with E-state index < -0.39 is 19.1 Å². The number of nitrogens with zero attached hydrogens (tertiary/aromatic N) is 1. The first-order valence-corrected chi connectivity index (χ1v) is 29.9. The Balaban J connectivity index is 0.000000333. The number of alkyl halides is 2. The van der Waals surface area contributed by atoms with Crippen LogP contribution in [0.5, 0.6) is 34.5 Å². The van der Waals surface area contributed by atoms with Gasteiger partial charge in [-0.2, -0.15) is 0 Å². The molecule has 0 aliphatic carbocycles. The number of rotatable bonds is 15. The first-order valence-electron chi connectivity index (χ1n) is 22.7. The number of hydrogen-bond donors (Lipinski definition) is 3. The lowest BCUT2D eigenvalue weighted by molar-refractivity contribution is -0.118. The lowest BCUT2D eigenvalue weighted by Crippen LogP contribution is -2.40. The fourth-order valence-corrected chi connectivity index (χ4v) is 9.76. The van der Waals surface area contributed by atoms with Crippen LogP contribution >= 0.6 is 80.3 Å². The Morgan fingerprint density at radius 2 is 1.07 bits per heavy atom. The quantitative estimate of drug-likeness (QED) is 0.0762. The van der Waals surface area contributed by atoms with Gasteiger partial charge in [0.1, 0.15) is 23.0 Å². The van der Waals surface area contributed by atoms with Gasteiger partial charge in [-0.05, 0) is 123 Å². The summed E-state index contributed by atoms with van der Waals surface area (Å²) < 4.78 is 66.6. The van der Waals surface area contributed by atoms with E-state index in [1.54, 1.807) is 44.6 Å². The molecule has 0 spiro atoms. The molecule has 14 nitrogen and oxygen atoms in total. The highest BCUT2D eigenvalue weighted by atomic mass is 35.7. The van der Waals surface area contributed by atoms with Gasteiger partial charge in [-0.1, -0.05) is 74.1 Å². The van der Waals surface area contributed by atoms with E-state index in [1.165, 1.54) is 10.6 Å². The molecule has 0 aromatic heterocycles. The summed E-state index contributed by atoms with van der Waals surface area (Å²) in [6, 6.07) is 17.6. The minimum absolute atomic E-state index is 0.0396. The fourth-order valence-electron chi connectivity index (χ4n) is 7.69. The first kappa shape index (κ1) is 63.2. The molecule has 400 valence electrons. The molecule has 0 saturated carbocycles. The summed E-state index contributed by atoms with van der Waals surface area (Å²) in [6.07, 6.45) is 6.51. The first-order chi connectivity index (χ1) is 33.8. The van der Waals surface area contributed by atoms with Crippen LogP contribution in [0.4, 0.5) is 11.4 Å². The number of carbonyl (C=O) groups excluding carboxylic acids is 2. The highest BCUT2D eigenvalue weighted by Gasteiger charge is 2.28. The van der Waals surface area contributed by atoms with E-state index in [2.05, 4.69) is 54.3 Å². The molecule has 72 heavy (non-hydrogen) atoms. The predicted octanol–water partition coefficient (Wildman–Crippen LogP) is 13.8. The van der Waals surface area contributed by atoms with E-state index >= 15 is 0 Å². The maximum absolute atomic E-state index is 12.6. The van der Waals surface area contributed by atoms with Gasteiger partial charge in [-0.25, -0.2) is 21.1 Å². The number of halogens is 7. The zero-order chi connectivity index (χ0) is 53.9. The van der Waals surface area contributed by atoms with Crippen LogP contribution in [-0.2, 0) is 28.7 Å². The standard InChI is InChI=1S/C24H30Cl2N2O5S.C23H28Cl2N2O3.CH2Cl2.CH3ClO2S/c1-15(2)19-13-18(7-8-22(19)32-3)33-24-20(25)11-17(12-21(24)26)27-23(29)10-16-6-5-9-28(14-16)34(4,30)31;1-14(2)18-12-17(6-7-21(18)29-3)30-23-19(24)10-16(11-20(23)25)27-22(28)9-15-5-4-8-26-13-15;2-1-3;1-5(2,3)4/h7-8,11-13,15-16H,5-6,9-10,14H2,1-4H3,(H,27,29);6-7,10-12,14-15,26H,4-5,8-9,13H2,1-3H3,(H,27,28);1H2;1H3. The Hall–Kier alpha value is -3.13. The summed E-state index contributed by atoms with van der Waals surface area (Å²) >= 11 is 35.2. The molecule has 2 atom stereocenters. The van der Waals surface area contributed by atoms with Crippen LogP contribution in [0, 0.1) is 11.8 Å². The molecule has 2 saturated heterocycles. The maximum Gasteiger partial charge on any atom is 0.229 e. The Kier molecular flexibility index (Phi) is 26.7. The zero-order valence-corrected chi connectivity index (χ0v) is 48.3. The van der Waals surface area contributed by atoms with Gasteiger partial charge in [-0.3, -0.25) is 9.59 Å². The van der Waals surface area contributed by atoms with Crippen molar-refractivity contribution in [3.8, 4) is 34.5 Å². The largest absolute Gasteiger partial charge is 0.496 e. The van der Waals surface area contributed by atoms with Gasteiger partial charge in [-0.15, -0.1) is 23.2 Å². The lowest BCUT2D eigenvalue weighted by atomic mass is 9.96. The van der Waals surface area contributed by atoms with Crippen molar-refractivity contribution in [1.82, 2.24) is 9.62 Å². The molecule has 2 aliphatic rings. The zero-order valence-electron chi connectivity index (χ0n) is 41.4. The smallest absolute Gasteiger partial charge is 0.229 e. The minimum Gasteiger partial charge on any atom is -0.496 e. The molecule has 2 heterocycles. The van der Waals surface area contributed by atoms with Crippen molar-refractivity contribution in [1.29, 1.82) is 0 Å². The highest BCUT2D eigenvalue weighted by Crippen LogP contribution is 2.42. The second kappa shape index (κ2) is 30.4. The van der Waals surface area contributed by atoms with Gasteiger partial charge < -0.3 is 34.9 Å². The summed E-state index contributed by atoms with van der Waals surface area (Å²) in [6.45, 7) is 11.0. The van der Waals surface area contributed by atoms with Gasteiger partial charge >= 0.3 is 0 Å². The predicted molar refractivity (Wildman–Crippen MR) is 296 cm³/mol. The average Bonchev–Trinajstić information content (AvgIpc) is 3.28. The van der Waals surface area contributed by atoms with E-state index in [4.69, 9.17) is 88.6 Å². The molecule has 6 rings (SSSR count). The van der Waals surface area contributed by atoms with E-state index in [1.807, 2.05) is 30.3 Å². The van der Waals surface area contributed by atoms with Gasteiger partial charge in [0.15, 0.2) is 11.5 Å². The van der Waals surface area contributed by atoms with Crippen molar-refractivity contribution in [2.75, 3.05) is 68.9 Å². The number of ether oxygens (including phenoxy) is 4. The highest BCUT2D eigenvalue weighted by molar-refractivity contribution is 8.13. The van der Waals surface area contributed by atoms with Gasteiger partial charge in [0.2, 0.25) is 30.9 Å². The Labute approximate surface area is 459 Å². The van der Waals surface area contributed by atoms with Gasteiger partial charge in [0.05, 0.1) is 52.2 Å². The molecule has 4 aromatic rings. The van der Waals surface area contributed by atoms with Crippen LogP contribution in [-0.4, -0.2) is 91.2 Å². The number of carbonyl (C=O) groups is 2. The Bertz CT molecular complexity index is 2600. The number of sulfonamides is 1. The van der Waals surface area contributed by atoms with Crippen LogP contribution in [0.25, 0.3) is 0 Å². The molecule has 0 bridgehead atoms. The average molecular weight is 1180 g/mol. The number of hydrogen-bond acceptors (Lipinski definition) is 11. The molecular formula is C49H63Cl7N4O10S2. The molecule has 23 heteroatoms. The second-order valence-electron chi connectivity index (χ2n) is 17.5. The monoisotopic (exact) mass is 1180 g/mol. The number of piperidine rings is 2. The molecule has 2 aliphatic heterocycles. The normalized spacial score (nSPS) is 15.9. The summed E-state index contributed by atoms with van der Waals surface area (Å²) in [4.78, 5) is 25.0. The van der Waals surface area contributed by atoms with E-state index in [-0.39, 0.29) is 57.1 Å². The van der Waals surface area contributed by atoms with Crippen LogP contribution in [0.2, 0.25) is 20.1 Å². The van der Waals surface area contributed by atoms with Crippen molar-refractivity contribution < 1.29 is 45.4 Å². The summed E-state index contributed by atoms with van der Waals surface area (Å²) in [5.74, 6) is 3.96. The third-order valence-electron chi connectivity index (χ3n) is 10.9. The van der Waals surface area contributed by atoms with Crippen LogP contribution in [0.1, 0.15) is 89.2 Å². The number of benzene rings is 4. The maximum atomic E-state index is 12.6. The van der Waals surface area contributed by atoms with Gasteiger partial charge in [0.25, 0.3) is 0 Å². The summed E-state index contributed by atoms with van der Waals surface area (Å²) in [7, 11) is 1.32. The lowest BCUT2D eigenvalue weighted by Gasteiger charge is -2.30. The Morgan fingerprint density at radius 1 is 0.681 bits per heavy atom. The molecule has 0 radical (unpaired) electrons. The molecular weight excluding hydrogens is 1120 g/mol. The second-order valence-corrected chi connectivity index (χ2v) is 25.0. The number of nitrogens with one attached hydrogen (secondary N) is 3. The third-order valence-corrected chi connectivity index (χ3v) is 13.3. The molecule has 2 fully saturated rings.